The number of unbranched alkanes of at least 4 members (excludes halogenated alkanes) is 1. The number of hydrogen-bond donors (Lipinski definition) is 3. The SMILES string of the molecule is CCCC[C@]1(CCC[B]O)CN(C(=O)[C@@H](N)C(C)(C)C)CC1(C)C.O=CO. The maximum absolute atomic E-state index is 12.9. The van der Waals surface area contributed by atoms with Crippen molar-refractivity contribution in [1.82, 2.24) is 4.90 Å². The molecule has 157 valence electrons. The summed E-state index contributed by atoms with van der Waals surface area (Å²) in [4.78, 5) is 23.3. The van der Waals surface area contributed by atoms with Gasteiger partial charge in [-0.25, -0.2) is 0 Å². The van der Waals surface area contributed by atoms with E-state index >= 15 is 0 Å². The predicted octanol–water partition coefficient (Wildman–Crippen LogP) is 2.92. The first-order valence-electron chi connectivity index (χ1n) is 10.0. The highest BCUT2D eigenvalue weighted by Gasteiger charge is 2.52. The third-order valence-electron chi connectivity index (χ3n) is 6.02. The van der Waals surface area contributed by atoms with Crippen LogP contribution in [0.5, 0.6) is 0 Å². The molecule has 1 amide bonds. The van der Waals surface area contributed by atoms with Crippen LogP contribution in [0, 0.1) is 16.2 Å². The average molecular weight is 383 g/mol. The molecule has 0 aliphatic carbocycles. The van der Waals surface area contributed by atoms with Gasteiger partial charge in [0.25, 0.3) is 14.0 Å². The smallest absolute Gasteiger partial charge is 0.290 e. The van der Waals surface area contributed by atoms with Gasteiger partial charge in [0.2, 0.25) is 5.91 Å². The standard InChI is InChI=1S/C19H38BN2O2.CH2O2/c1-7-8-10-19(11-9-12-20-24)14-22(13-18(19,5)6)16(23)15(21)17(2,3)4;2-1-3/h15,24H,7-14,21H2,1-6H3;1H,(H,2,3)/t15-,19+;/m1./s1. The van der Waals surface area contributed by atoms with E-state index < -0.39 is 6.04 Å². The number of nitrogens with zero attached hydrogens (tertiary/aromatic N) is 1. The first-order chi connectivity index (χ1) is 12.4. The number of rotatable bonds is 8. The summed E-state index contributed by atoms with van der Waals surface area (Å²) >= 11 is 0. The molecule has 2 atom stereocenters. The highest BCUT2D eigenvalue weighted by Crippen LogP contribution is 2.52. The Balaban J connectivity index is 0.00000210. The van der Waals surface area contributed by atoms with Crippen molar-refractivity contribution in [1.29, 1.82) is 0 Å². The van der Waals surface area contributed by atoms with Gasteiger partial charge in [-0.1, -0.05) is 67.1 Å². The van der Waals surface area contributed by atoms with Gasteiger partial charge >= 0.3 is 0 Å². The molecule has 0 aromatic heterocycles. The van der Waals surface area contributed by atoms with E-state index in [1.807, 2.05) is 25.7 Å². The van der Waals surface area contributed by atoms with E-state index in [1.54, 1.807) is 0 Å². The fourth-order valence-corrected chi connectivity index (χ4v) is 4.01. The summed E-state index contributed by atoms with van der Waals surface area (Å²) in [5, 5.41) is 15.9. The van der Waals surface area contributed by atoms with Crippen molar-refractivity contribution in [2.45, 2.75) is 86.0 Å². The molecule has 0 aromatic carbocycles. The van der Waals surface area contributed by atoms with Gasteiger partial charge in [0, 0.05) is 13.1 Å². The molecule has 1 heterocycles. The summed E-state index contributed by atoms with van der Waals surface area (Å²) in [5.41, 5.74) is 6.22. The Labute approximate surface area is 166 Å². The second-order valence-electron chi connectivity index (χ2n) is 9.49. The Morgan fingerprint density at radius 1 is 1.26 bits per heavy atom. The van der Waals surface area contributed by atoms with Crippen molar-refractivity contribution in [2.24, 2.45) is 22.0 Å². The van der Waals surface area contributed by atoms with Gasteiger partial charge in [-0.3, -0.25) is 9.59 Å². The van der Waals surface area contributed by atoms with Crippen LogP contribution >= 0.6 is 0 Å². The highest BCUT2D eigenvalue weighted by atomic mass is 16.3. The molecule has 0 aromatic rings. The van der Waals surface area contributed by atoms with Crippen molar-refractivity contribution in [2.75, 3.05) is 13.1 Å². The van der Waals surface area contributed by atoms with E-state index in [0.29, 0.717) is 0 Å². The largest absolute Gasteiger partial charge is 0.483 e. The zero-order valence-corrected chi connectivity index (χ0v) is 18.1. The molecule has 0 bridgehead atoms. The van der Waals surface area contributed by atoms with Gasteiger partial charge in [0.1, 0.15) is 0 Å². The van der Waals surface area contributed by atoms with Crippen LogP contribution in [0.1, 0.15) is 73.6 Å². The van der Waals surface area contributed by atoms with Crippen molar-refractivity contribution < 1.29 is 19.7 Å². The average Bonchev–Trinajstić information content (AvgIpc) is 2.83. The monoisotopic (exact) mass is 383 g/mol. The second-order valence-corrected chi connectivity index (χ2v) is 9.49. The molecule has 27 heavy (non-hydrogen) atoms. The molecular weight excluding hydrogens is 343 g/mol. The maximum Gasteiger partial charge on any atom is 0.290 e. The van der Waals surface area contributed by atoms with Crippen LogP contribution in [0.3, 0.4) is 0 Å². The van der Waals surface area contributed by atoms with Crippen LogP contribution in [-0.4, -0.2) is 54.0 Å². The molecule has 1 rings (SSSR count). The van der Waals surface area contributed by atoms with Crippen LogP contribution in [-0.2, 0) is 9.59 Å². The molecule has 6 nitrogen and oxygen atoms in total. The van der Waals surface area contributed by atoms with Crippen LogP contribution in [0.2, 0.25) is 6.32 Å². The van der Waals surface area contributed by atoms with Gasteiger partial charge in [0.05, 0.1) is 6.04 Å². The molecule has 0 saturated carbocycles. The summed E-state index contributed by atoms with van der Waals surface area (Å²) in [6.07, 6.45) is 6.22. The first-order valence-corrected chi connectivity index (χ1v) is 10.0. The number of hydrogen-bond acceptors (Lipinski definition) is 4. The molecule has 0 spiro atoms. The van der Waals surface area contributed by atoms with Gasteiger partial charge in [-0.05, 0) is 29.1 Å². The van der Waals surface area contributed by atoms with Crippen LogP contribution in [0.25, 0.3) is 0 Å². The predicted molar refractivity (Wildman–Crippen MR) is 110 cm³/mol. The second kappa shape index (κ2) is 11.1. The van der Waals surface area contributed by atoms with E-state index in [9.17, 15) is 4.79 Å². The fourth-order valence-electron chi connectivity index (χ4n) is 4.01. The Morgan fingerprint density at radius 2 is 1.78 bits per heavy atom. The van der Waals surface area contributed by atoms with E-state index in [-0.39, 0.29) is 28.6 Å². The normalized spacial score (nSPS) is 22.6. The lowest BCUT2D eigenvalue weighted by atomic mass is 9.62. The molecule has 7 heteroatoms. The Morgan fingerprint density at radius 3 is 2.22 bits per heavy atom. The maximum atomic E-state index is 12.9. The van der Waals surface area contributed by atoms with Crippen molar-refractivity contribution in [3.63, 3.8) is 0 Å². The highest BCUT2D eigenvalue weighted by molar-refractivity contribution is 6.25. The van der Waals surface area contributed by atoms with Crippen molar-refractivity contribution >= 4 is 19.9 Å². The molecule has 0 unspecified atom stereocenters. The van der Waals surface area contributed by atoms with Gasteiger partial charge in [0.15, 0.2) is 0 Å². The molecular formula is C20H40BN2O4. The molecule has 1 fully saturated rings. The van der Waals surface area contributed by atoms with Gasteiger partial charge in [-0.2, -0.15) is 0 Å². The minimum atomic E-state index is -0.457. The minimum Gasteiger partial charge on any atom is -0.483 e. The first kappa shape index (κ1) is 25.9. The topological polar surface area (TPSA) is 104 Å². The Hall–Kier alpha value is -1.08. The zero-order valence-electron chi connectivity index (χ0n) is 18.1. The summed E-state index contributed by atoms with van der Waals surface area (Å²) in [7, 11) is 1.26. The molecule has 1 aliphatic heterocycles. The van der Waals surface area contributed by atoms with Crippen molar-refractivity contribution in [3.05, 3.63) is 0 Å². The van der Waals surface area contributed by atoms with E-state index in [1.165, 1.54) is 20.3 Å². The molecule has 1 saturated heterocycles. The van der Waals surface area contributed by atoms with Gasteiger partial charge in [-0.15, -0.1) is 0 Å². The number of nitrogens with two attached hydrogens (primary N) is 1. The third kappa shape index (κ3) is 7.11. The summed E-state index contributed by atoms with van der Waals surface area (Å²) < 4.78 is 0. The number of carbonyl (C=O) groups excluding carboxylic acids is 1. The lowest BCUT2D eigenvalue weighted by Crippen LogP contribution is -2.50. The zero-order chi connectivity index (χ0) is 21.3. The number of amides is 1. The minimum absolute atomic E-state index is 0.0743. The van der Waals surface area contributed by atoms with E-state index in [4.69, 9.17) is 20.7 Å². The Bertz CT molecular complexity index is 465. The summed E-state index contributed by atoms with van der Waals surface area (Å²) in [5.74, 6) is 0.0858. The number of likely N-dealkylation sites (tertiary alicyclic amines) is 1. The third-order valence-corrected chi connectivity index (χ3v) is 6.02. The molecule has 1 radical (unpaired) electrons. The van der Waals surface area contributed by atoms with Crippen molar-refractivity contribution in [3.8, 4) is 0 Å². The van der Waals surface area contributed by atoms with E-state index in [0.717, 1.165) is 38.7 Å². The van der Waals surface area contributed by atoms with Gasteiger partial charge < -0.3 is 20.8 Å². The quantitative estimate of drug-likeness (QED) is 0.340. The molecule has 1 aliphatic rings. The lowest BCUT2D eigenvalue weighted by molar-refractivity contribution is -0.134. The Kier molecular flexibility index (Phi) is 10.6. The molecule has 4 N–H and O–H groups in total. The number of carbonyl (C=O) groups is 2. The van der Waals surface area contributed by atoms with Crippen LogP contribution in [0.15, 0.2) is 0 Å². The van der Waals surface area contributed by atoms with Crippen LogP contribution < -0.4 is 5.73 Å². The fraction of sp³-hybridized carbons (Fsp3) is 0.900. The number of carboxylic acid groups (broad SMARTS) is 1. The summed E-state index contributed by atoms with van der Waals surface area (Å²) in [6.45, 7) is 14.2. The van der Waals surface area contributed by atoms with Crippen LogP contribution in [0.4, 0.5) is 0 Å². The summed E-state index contributed by atoms with van der Waals surface area (Å²) in [6, 6.07) is -0.457. The van der Waals surface area contributed by atoms with E-state index in [2.05, 4.69) is 20.8 Å². The lowest BCUT2D eigenvalue weighted by Gasteiger charge is -2.41.